The van der Waals surface area contributed by atoms with Crippen molar-refractivity contribution >= 4 is 40.0 Å². The Balaban J connectivity index is 0.00000264. The lowest BCUT2D eigenvalue weighted by atomic mass is 9.96. The molecular weight excluding hydrogens is 427 g/mol. The Labute approximate surface area is 155 Å². The van der Waals surface area contributed by atoms with Crippen LogP contribution in [0.1, 0.15) is 37.7 Å². The molecule has 2 rings (SSSR count). The van der Waals surface area contributed by atoms with E-state index >= 15 is 0 Å². The second-order valence-electron chi connectivity index (χ2n) is 5.69. The summed E-state index contributed by atoms with van der Waals surface area (Å²) in [6.07, 6.45) is 6.83. The van der Waals surface area contributed by atoms with Crippen molar-refractivity contribution < 1.29 is 8.42 Å². The van der Waals surface area contributed by atoms with E-state index in [0.29, 0.717) is 25.0 Å². The molecule has 0 aliphatic heterocycles. The predicted octanol–water partition coefficient (Wildman–Crippen LogP) is 1.73. The molecule has 0 heterocycles. The molecule has 0 amide bonds. The number of nitrogens with one attached hydrogen (secondary N) is 1. The number of hydrogen-bond acceptors (Lipinski definition) is 3. The van der Waals surface area contributed by atoms with E-state index in [2.05, 4.69) is 10.3 Å². The van der Waals surface area contributed by atoms with E-state index in [9.17, 15) is 8.42 Å². The minimum absolute atomic E-state index is 0. The molecule has 6 nitrogen and oxygen atoms in total. The van der Waals surface area contributed by atoms with E-state index in [1.54, 1.807) is 12.1 Å². The molecule has 0 bridgehead atoms. The number of hydrogen-bond donors (Lipinski definition) is 3. The van der Waals surface area contributed by atoms with Crippen LogP contribution in [0.4, 0.5) is 0 Å². The number of nitrogens with zero attached hydrogens (tertiary/aromatic N) is 1. The van der Waals surface area contributed by atoms with Gasteiger partial charge in [0, 0.05) is 12.6 Å². The second-order valence-corrected chi connectivity index (χ2v) is 7.25. The van der Waals surface area contributed by atoms with Gasteiger partial charge in [-0.3, -0.25) is 4.99 Å². The molecule has 0 aromatic heterocycles. The van der Waals surface area contributed by atoms with Crippen molar-refractivity contribution in [2.24, 2.45) is 15.9 Å². The first kappa shape index (κ1) is 20.2. The van der Waals surface area contributed by atoms with E-state index in [1.165, 1.54) is 31.4 Å². The average molecular weight is 452 g/mol. The summed E-state index contributed by atoms with van der Waals surface area (Å²) >= 11 is 0. The number of rotatable bonds is 5. The van der Waals surface area contributed by atoms with Crippen molar-refractivity contribution in [3.05, 3.63) is 29.8 Å². The zero-order chi connectivity index (χ0) is 16.0. The lowest BCUT2D eigenvalue weighted by Gasteiger charge is -2.23. The van der Waals surface area contributed by atoms with Crippen LogP contribution in [0.15, 0.2) is 34.2 Å². The molecule has 1 aromatic carbocycles. The third-order valence-corrected chi connectivity index (χ3v) is 4.82. The Morgan fingerprint density at radius 3 is 2.35 bits per heavy atom. The van der Waals surface area contributed by atoms with E-state index in [-0.39, 0.29) is 28.9 Å². The molecule has 1 saturated carbocycles. The summed E-state index contributed by atoms with van der Waals surface area (Å²) < 4.78 is 22.3. The molecule has 1 aliphatic carbocycles. The summed E-state index contributed by atoms with van der Waals surface area (Å²) in [7, 11) is -3.63. The summed E-state index contributed by atoms with van der Waals surface area (Å²) in [6, 6.07) is 6.97. The molecule has 1 aliphatic rings. The van der Waals surface area contributed by atoms with Gasteiger partial charge in [-0.25, -0.2) is 13.6 Å². The van der Waals surface area contributed by atoms with Crippen LogP contribution in [0.3, 0.4) is 0 Å². The SMILES string of the molecule is I.NC(=NCCc1ccc(S(N)(=O)=O)cc1)NC1CCCCC1. The van der Waals surface area contributed by atoms with Crippen LogP contribution in [-0.4, -0.2) is 27.0 Å². The minimum Gasteiger partial charge on any atom is -0.370 e. The normalized spacial score (nSPS) is 16.7. The summed E-state index contributed by atoms with van der Waals surface area (Å²) in [4.78, 5) is 4.45. The first-order valence-electron chi connectivity index (χ1n) is 7.63. The molecule has 1 aromatic rings. The highest BCUT2D eigenvalue weighted by Gasteiger charge is 2.13. The summed E-state index contributed by atoms with van der Waals surface area (Å²) in [5, 5.41) is 8.33. The van der Waals surface area contributed by atoms with Crippen LogP contribution in [0, 0.1) is 0 Å². The zero-order valence-electron chi connectivity index (χ0n) is 13.1. The van der Waals surface area contributed by atoms with Crippen molar-refractivity contribution in [1.82, 2.24) is 5.32 Å². The third-order valence-electron chi connectivity index (χ3n) is 3.89. The van der Waals surface area contributed by atoms with Crippen LogP contribution in [0.5, 0.6) is 0 Å². The monoisotopic (exact) mass is 452 g/mol. The lowest BCUT2D eigenvalue weighted by molar-refractivity contribution is 0.412. The van der Waals surface area contributed by atoms with Crippen molar-refractivity contribution in [3.63, 3.8) is 0 Å². The highest BCUT2D eigenvalue weighted by Crippen LogP contribution is 2.17. The molecule has 1 fully saturated rings. The maximum absolute atomic E-state index is 11.2. The summed E-state index contributed by atoms with van der Waals surface area (Å²) in [5.41, 5.74) is 6.89. The summed E-state index contributed by atoms with van der Waals surface area (Å²) in [6.45, 7) is 0.570. The van der Waals surface area contributed by atoms with Crippen molar-refractivity contribution in [3.8, 4) is 0 Å². The maximum Gasteiger partial charge on any atom is 0.238 e. The molecule has 0 radical (unpaired) electrons. The van der Waals surface area contributed by atoms with E-state index in [0.717, 1.165) is 18.4 Å². The molecular formula is C15H25IN4O2S. The van der Waals surface area contributed by atoms with Crippen LogP contribution in [0.2, 0.25) is 0 Å². The van der Waals surface area contributed by atoms with Crippen LogP contribution in [0.25, 0.3) is 0 Å². The van der Waals surface area contributed by atoms with Gasteiger partial charge in [0.2, 0.25) is 10.0 Å². The molecule has 5 N–H and O–H groups in total. The Kier molecular flexibility index (Phi) is 8.27. The first-order chi connectivity index (χ1) is 10.4. The molecule has 23 heavy (non-hydrogen) atoms. The highest BCUT2D eigenvalue weighted by atomic mass is 127. The predicted molar refractivity (Wildman–Crippen MR) is 103 cm³/mol. The number of halogens is 1. The Morgan fingerprint density at radius 2 is 1.78 bits per heavy atom. The minimum atomic E-state index is -3.63. The van der Waals surface area contributed by atoms with Gasteiger partial charge in [0.1, 0.15) is 0 Å². The second kappa shape index (κ2) is 9.43. The maximum atomic E-state index is 11.2. The fourth-order valence-corrected chi connectivity index (χ4v) is 3.17. The van der Waals surface area contributed by atoms with Gasteiger partial charge in [-0.1, -0.05) is 31.4 Å². The van der Waals surface area contributed by atoms with E-state index < -0.39 is 10.0 Å². The van der Waals surface area contributed by atoms with Gasteiger partial charge in [0.25, 0.3) is 0 Å². The average Bonchev–Trinajstić information content (AvgIpc) is 2.48. The zero-order valence-corrected chi connectivity index (χ0v) is 16.2. The fraction of sp³-hybridized carbons (Fsp3) is 0.533. The Hall–Kier alpha value is -0.870. The number of aliphatic imine (C=N–C) groups is 1. The van der Waals surface area contributed by atoms with Crippen molar-refractivity contribution in [2.75, 3.05) is 6.54 Å². The molecule has 0 unspecified atom stereocenters. The van der Waals surface area contributed by atoms with Crippen molar-refractivity contribution in [2.45, 2.75) is 49.5 Å². The number of primary sulfonamides is 1. The number of sulfonamides is 1. The largest absolute Gasteiger partial charge is 0.370 e. The number of benzene rings is 1. The number of nitrogens with two attached hydrogens (primary N) is 2. The van der Waals surface area contributed by atoms with Crippen LogP contribution >= 0.6 is 24.0 Å². The van der Waals surface area contributed by atoms with Gasteiger partial charge in [0.15, 0.2) is 5.96 Å². The van der Waals surface area contributed by atoms with Gasteiger partial charge < -0.3 is 11.1 Å². The molecule has 0 spiro atoms. The van der Waals surface area contributed by atoms with Gasteiger partial charge in [-0.15, -0.1) is 24.0 Å². The molecule has 0 atom stereocenters. The molecule has 0 saturated heterocycles. The summed E-state index contributed by atoms with van der Waals surface area (Å²) in [5.74, 6) is 0.494. The van der Waals surface area contributed by atoms with E-state index in [1.807, 2.05) is 0 Å². The van der Waals surface area contributed by atoms with Crippen LogP contribution < -0.4 is 16.2 Å². The first-order valence-corrected chi connectivity index (χ1v) is 9.18. The Morgan fingerprint density at radius 1 is 1.17 bits per heavy atom. The fourth-order valence-electron chi connectivity index (χ4n) is 2.65. The van der Waals surface area contributed by atoms with Gasteiger partial charge in [-0.05, 0) is 37.0 Å². The quantitative estimate of drug-likeness (QED) is 0.359. The highest BCUT2D eigenvalue weighted by molar-refractivity contribution is 14.0. The third kappa shape index (κ3) is 7.05. The van der Waals surface area contributed by atoms with Gasteiger partial charge in [0.05, 0.1) is 4.90 Å². The van der Waals surface area contributed by atoms with Gasteiger partial charge in [-0.2, -0.15) is 0 Å². The van der Waals surface area contributed by atoms with Crippen molar-refractivity contribution in [1.29, 1.82) is 0 Å². The van der Waals surface area contributed by atoms with E-state index in [4.69, 9.17) is 10.9 Å². The Bertz CT molecular complexity index is 611. The standard InChI is InChI=1S/C15H24N4O2S.HI/c16-15(19-13-4-2-1-3-5-13)18-11-10-12-6-8-14(9-7-12)22(17,20)21;/h6-9,13H,1-5,10-11H2,(H3,16,18,19)(H2,17,20,21);1H. The topological polar surface area (TPSA) is 111 Å². The number of guanidine groups is 1. The van der Waals surface area contributed by atoms with Crippen LogP contribution in [-0.2, 0) is 16.4 Å². The molecule has 8 heteroatoms. The molecule has 130 valence electrons. The smallest absolute Gasteiger partial charge is 0.238 e. The lowest BCUT2D eigenvalue weighted by Crippen LogP contribution is -2.41. The van der Waals surface area contributed by atoms with Gasteiger partial charge >= 0.3 is 0 Å².